The fraction of sp³-hybridized carbons (Fsp3) is 0.261. The highest BCUT2D eigenvalue weighted by Crippen LogP contribution is 2.45. The van der Waals surface area contributed by atoms with Crippen LogP contribution < -0.4 is 31.1 Å². The molecular weight excluding hydrogens is 721 g/mol. The van der Waals surface area contributed by atoms with Gasteiger partial charge in [-0.3, -0.25) is 14.3 Å². The molecular formula is C46H48N2O7Si. The number of hydrogen-bond acceptors (Lipinski definition) is 7. The van der Waals surface area contributed by atoms with Crippen LogP contribution in [0.5, 0.6) is 11.5 Å². The molecule has 0 unspecified atom stereocenters. The van der Waals surface area contributed by atoms with Gasteiger partial charge in [-0.25, -0.2) is 4.79 Å². The predicted molar refractivity (Wildman–Crippen MR) is 221 cm³/mol. The summed E-state index contributed by atoms with van der Waals surface area (Å²) in [5.41, 5.74) is 0.527. The number of hydrogen-bond donors (Lipinski definition) is 1. The molecule has 288 valence electrons. The molecule has 0 spiro atoms. The predicted octanol–water partition coefficient (Wildman–Crippen LogP) is 6.80. The second-order valence-electron chi connectivity index (χ2n) is 15.0. The maximum absolute atomic E-state index is 13.2. The Morgan fingerprint density at radius 2 is 1.16 bits per heavy atom. The van der Waals surface area contributed by atoms with E-state index in [1.165, 1.54) is 16.8 Å². The standard InChI is InChI=1S/C46H48N2O7Si/c1-45(2,3)56(38-17-11-7-12-18-38,39-19-13-8-14-20-39)55-40-31-43(48-30-29-42(49)47-44(48)50)54-41(40)32-53-46(33-15-9-6-10-16-33,34-21-25-36(51-4)26-22-34)35-23-27-37(52-5)28-24-35/h6-30,40-41,43H,31-32H2,1-5H3,(H,47,49,50)/t40-,41+,43+/m1/s1. The fourth-order valence-electron chi connectivity index (χ4n) is 8.00. The lowest BCUT2D eigenvalue weighted by Crippen LogP contribution is -2.68. The lowest BCUT2D eigenvalue weighted by molar-refractivity contribution is -0.0925. The highest BCUT2D eigenvalue weighted by molar-refractivity contribution is 6.99. The minimum absolute atomic E-state index is 0.0877. The van der Waals surface area contributed by atoms with E-state index >= 15 is 0 Å². The van der Waals surface area contributed by atoms with Gasteiger partial charge in [0.05, 0.1) is 26.9 Å². The Bertz CT molecular complexity index is 2220. The molecule has 0 bridgehead atoms. The number of rotatable bonds is 13. The zero-order valence-corrected chi connectivity index (χ0v) is 33.4. The quantitative estimate of drug-likeness (QED) is 0.102. The van der Waals surface area contributed by atoms with Crippen molar-refractivity contribution in [2.75, 3.05) is 20.8 Å². The molecule has 7 rings (SSSR count). The van der Waals surface area contributed by atoms with Crippen LogP contribution in [0.15, 0.2) is 161 Å². The smallest absolute Gasteiger partial charge is 0.330 e. The lowest BCUT2D eigenvalue weighted by Gasteiger charge is -2.45. The largest absolute Gasteiger partial charge is 0.497 e. The van der Waals surface area contributed by atoms with E-state index < -0.39 is 43.6 Å². The Balaban J connectivity index is 1.38. The highest BCUT2D eigenvalue weighted by atomic mass is 28.4. The molecule has 0 saturated carbocycles. The van der Waals surface area contributed by atoms with Gasteiger partial charge in [-0.15, -0.1) is 0 Å². The molecule has 3 atom stereocenters. The number of H-pyrrole nitrogens is 1. The maximum atomic E-state index is 13.2. The monoisotopic (exact) mass is 768 g/mol. The molecule has 1 N–H and O–H groups in total. The summed E-state index contributed by atoms with van der Waals surface area (Å²) in [5.74, 6) is 1.44. The van der Waals surface area contributed by atoms with E-state index in [-0.39, 0.29) is 11.6 Å². The number of nitrogens with one attached hydrogen (secondary N) is 1. The minimum Gasteiger partial charge on any atom is -0.497 e. The van der Waals surface area contributed by atoms with E-state index in [4.69, 9.17) is 23.4 Å². The van der Waals surface area contributed by atoms with Crippen LogP contribution in [0.4, 0.5) is 0 Å². The number of benzene rings is 5. The number of ether oxygens (including phenoxy) is 4. The lowest BCUT2D eigenvalue weighted by atomic mass is 9.80. The summed E-state index contributed by atoms with van der Waals surface area (Å²) in [6, 6.07) is 48.1. The molecule has 9 nitrogen and oxygen atoms in total. The van der Waals surface area contributed by atoms with Gasteiger partial charge < -0.3 is 23.4 Å². The van der Waals surface area contributed by atoms with Crippen molar-refractivity contribution >= 4 is 18.7 Å². The summed E-state index contributed by atoms with van der Waals surface area (Å²) < 4.78 is 34.5. The van der Waals surface area contributed by atoms with Crippen molar-refractivity contribution in [1.82, 2.24) is 9.55 Å². The number of aromatic nitrogens is 2. The Labute approximate surface area is 328 Å². The molecule has 2 heterocycles. The van der Waals surface area contributed by atoms with E-state index in [1.807, 2.05) is 78.9 Å². The van der Waals surface area contributed by atoms with Crippen molar-refractivity contribution in [1.29, 1.82) is 0 Å². The van der Waals surface area contributed by atoms with E-state index in [1.54, 1.807) is 14.2 Å². The van der Waals surface area contributed by atoms with Gasteiger partial charge in [0.1, 0.15) is 29.4 Å². The maximum Gasteiger partial charge on any atom is 0.330 e. The van der Waals surface area contributed by atoms with Crippen LogP contribution >= 0.6 is 0 Å². The molecule has 1 aromatic heterocycles. The zero-order valence-electron chi connectivity index (χ0n) is 32.4. The first-order chi connectivity index (χ1) is 27.1. The molecule has 10 heteroatoms. The van der Waals surface area contributed by atoms with Gasteiger partial charge in [0.15, 0.2) is 0 Å². The second-order valence-corrected chi connectivity index (χ2v) is 19.3. The van der Waals surface area contributed by atoms with Crippen LogP contribution in [-0.2, 0) is 19.5 Å². The minimum atomic E-state index is -3.11. The second kappa shape index (κ2) is 16.3. The summed E-state index contributed by atoms with van der Waals surface area (Å²) in [6.45, 7) is 6.79. The van der Waals surface area contributed by atoms with Gasteiger partial charge in [-0.1, -0.05) is 136 Å². The Morgan fingerprint density at radius 3 is 1.62 bits per heavy atom. The van der Waals surface area contributed by atoms with Gasteiger partial charge in [-0.05, 0) is 56.4 Å². The first-order valence-electron chi connectivity index (χ1n) is 18.8. The average Bonchev–Trinajstić information content (AvgIpc) is 3.63. The van der Waals surface area contributed by atoms with Gasteiger partial charge in [0.2, 0.25) is 0 Å². The Morgan fingerprint density at radius 1 is 0.679 bits per heavy atom. The SMILES string of the molecule is COc1ccc(C(OC[C@@H]2O[C@H](n3ccc(=O)[nH]c3=O)C[C@H]2O[Si](c2ccccc2)(c2ccccc2)C(C)(C)C)(c2ccccc2)c2ccc(OC)cc2)cc1. The van der Waals surface area contributed by atoms with Gasteiger partial charge in [-0.2, -0.15) is 0 Å². The normalized spacial score (nSPS) is 17.4. The fourth-order valence-corrected chi connectivity index (χ4v) is 12.7. The molecule has 6 aromatic rings. The molecule has 1 aliphatic rings. The molecule has 1 aliphatic heterocycles. The van der Waals surface area contributed by atoms with Crippen LogP contribution in [0.2, 0.25) is 5.04 Å². The Hall–Kier alpha value is -5.52. The molecule has 5 aromatic carbocycles. The molecule has 1 fully saturated rings. The van der Waals surface area contributed by atoms with Crippen molar-refractivity contribution in [2.24, 2.45) is 0 Å². The summed E-state index contributed by atoms with van der Waals surface area (Å²) in [5, 5.41) is 1.92. The van der Waals surface area contributed by atoms with Crippen LogP contribution in [0, 0.1) is 0 Å². The molecule has 1 saturated heterocycles. The number of methoxy groups -OCH3 is 2. The third-order valence-electron chi connectivity index (χ3n) is 10.7. The van der Waals surface area contributed by atoms with Crippen molar-refractivity contribution in [3.05, 3.63) is 189 Å². The van der Waals surface area contributed by atoms with Crippen molar-refractivity contribution in [2.45, 2.75) is 56.3 Å². The van der Waals surface area contributed by atoms with E-state index in [2.05, 4.69) is 86.4 Å². The van der Waals surface area contributed by atoms with Gasteiger partial charge >= 0.3 is 5.69 Å². The average molecular weight is 769 g/mol. The summed E-state index contributed by atoms with van der Waals surface area (Å²) in [7, 11) is 0.186. The molecule has 0 aliphatic carbocycles. The van der Waals surface area contributed by atoms with Crippen molar-refractivity contribution in [3.8, 4) is 11.5 Å². The third kappa shape index (κ3) is 7.40. The molecule has 0 amide bonds. The van der Waals surface area contributed by atoms with E-state index in [0.717, 1.165) is 38.6 Å². The first kappa shape index (κ1) is 38.7. The molecule has 0 radical (unpaired) electrons. The number of aromatic amines is 1. The Kier molecular flexibility index (Phi) is 11.3. The van der Waals surface area contributed by atoms with E-state index in [9.17, 15) is 9.59 Å². The van der Waals surface area contributed by atoms with Crippen LogP contribution in [0.25, 0.3) is 0 Å². The van der Waals surface area contributed by atoms with Crippen LogP contribution in [0.1, 0.15) is 50.1 Å². The summed E-state index contributed by atoms with van der Waals surface area (Å²) in [4.78, 5) is 27.8. The van der Waals surface area contributed by atoms with Crippen LogP contribution in [0.3, 0.4) is 0 Å². The van der Waals surface area contributed by atoms with Crippen molar-refractivity contribution in [3.63, 3.8) is 0 Å². The first-order valence-corrected chi connectivity index (χ1v) is 20.7. The topological polar surface area (TPSA) is 101 Å². The van der Waals surface area contributed by atoms with Crippen molar-refractivity contribution < 1.29 is 23.4 Å². The summed E-state index contributed by atoms with van der Waals surface area (Å²) in [6.07, 6.45) is -0.0686. The highest BCUT2D eigenvalue weighted by Gasteiger charge is 2.54. The third-order valence-corrected chi connectivity index (χ3v) is 15.8. The van der Waals surface area contributed by atoms with Gasteiger partial charge in [0.25, 0.3) is 13.9 Å². The molecule has 56 heavy (non-hydrogen) atoms. The van der Waals surface area contributed by atoms with Gasteiger partial charge in [0, 0.05) is 18.7 Å². The summed E-state index contributed by atoms with van der Waals surface area (Å²) >= 11 is 0. The zero-order chi connectivity index (χ0) is 39.3. The van der Waals surface area contributed by atoms with E-state index in [0.29, 0.717) is 6.42 Å². The van der Waals surface area contributed by atoms with Crippen LogP contribution in [-0.4, -0.2) is 50.9 Å². The number of nitrogens with zero attached hydrogens (tertiary/aromatic N) is 1.